The lowest BCUT2D eigenvalue weighted by Gasteiger charge is -2.09. The Morgan fingerprint density at radius 2 is 1.77 bits per heavy atom. The molecule has 0 aliphatic heterocycles. The maximum Gasteiger partial charge on any atom is 0.303 e. The molecule has 0 radical (unpaired) electrons. The topological polar surface area (TPSA) is 132 Å². The molecule has 4 N–H and O–H groups in total. The number of carboxylic acids is 1. The highest BCUT2D eigenvalue weighted by Crippen LogP contribution is 2.25. The van der Waals surface area contributed by atoms with Crippen LogP contribution in [0.3, 0.4) is 0 Å². The Morgan fingerprint density at radius 1 is 1.10 bits per heavy atom. The fourth-order valence-electron chi connectivity index (χ4n) is 2.72. The first-order chi connectivity index (χ1) is 14.2. The smallest absolute Gasteiger partial charge is 0.303 e. The van der Waals surface area contributed by atoms with Crippen molar-refractivity contribution in [3.8, 4) is 0 Å². The molecule has 4 rings (SSSR count). The molecule has 0 saturated heterocycles. The summed E-state index contributed by atoms with van der Waals surface area (Å²) in [5, 5.41) is 9.56. The van der Waals surface area contributed by atoms with Gasteiger partial charge in [-0.1, -0.05) is 18.5 Å². The third-order valence-corrected chi connectivity index (χ3v) is 5.84. The van der Waals surface area contributed by atoms with Crippen molar-refractivity contribution in [3.63, 3.8) is 0 Å². The molecule has 0 unspecified atom stereocenters. The second-order valence-corrected chi connectivity index (χ2v) is 8.41. The molecule has 0 amide bonds. The van der Waals surface area contributed by atoms with Gasteiger partial charge in [-0.15, -0.1) is 0 Å². The van der Waals surface area contributed by atoms with Crippen LogP contribution in [0.4, 0.5) is 5.69 Å². The van der Waals surface area contributed by atoms with E-state index in [9.17, 15) is 18.0 Å². The highest BCUT2D eigenvalue weighted by atomic mass is 35.5. The van der Waals surface area contributed by atoms with Gasteiger partial charge < -0.3 is 15.1 Å². The van der Waals surface area contributed by atoms with Crippen molar-refractivity contribution in [2.45, 2.75) is 18.2 Å². The van der Waals surface area contributed by atoms with Crippen LogP contribution in [0, 0.1) is 0 Å². The van der Waals surface area contributed by atoms with E-state index in [4.69, 9.17) is 16.7 Å². The summed E-state index contributed by atoms with van der Waals surface area (Å²) in [4.78, 5) is 27.0. The Morgan fingerprint density at radius 3 is 2.40 bits per heavy atom. The van der Waals surface area contributed by atoms with E-state index in [0.717, 1.165) is 0 Å². The summed E-state index contributed by atoms with van der Waals surface area (Å²) in [6.07, 6.45) is 1.87. The fraction of sp³-hybridized carbons (Fsp3) is 0.100. The lowest BCUT2D eigenvalue weighted by Crippen LogP contribution is -2.13. The van der Waals surface area contributed by atoms with Gasteiger partial charge in [0.1, 0.15) is 5.52 Å². The number of carbonyl (C=O) groups is 1. The third kappa shape index (κ3) is 4.64. The number of aromatic nitrogens is 2. The van der Waals surface area contributed by atoms with Crippen LogP contribution in [0.15, 0.2) is 64.4 Å². The number of anilines is 1. The molecule has 0 fully saturated rings. The molecule has 2 aromatic heterocycles. The largest absolute Gasteiger partial charge is 0.481 e. The minimum Gasteiger partial charge on any atom is -0.481 e. The minimum atomic E-state index is -3.77. The molecule has 2 aromatic carbocycles. The quantitative estimate of drug-likeness (QED) is 0.376. The number of sulfonamides is 1. The average molecular weight is 448 g/mol. The van der Waals surface area contributed by atoms with Gasteiger partial charge >= 0.3 is 5.97 Å². The number of benzene rings is 2. The van der Waals surface area contributed by atoms with Crippen LogP contribution in [-0.2, 0) is 14.8 Å². The van der Waals surface area contributed by atoms with E-state index < -0.39 is 16.0 Å². The van der Waals surface area contributed by atoms with Gasteiger partial charge in [-0.3, -0.25) is 14.3 Å². The lowest BCUT2D eigenvalue weighted by atomic mass is 10.1. The van der Waals surface area contributed by atoms with Gasteiger partial charge in [0.05, 0.1) is 4.90 Å². The highest BCUT2D eigenvalue weighted by Gasteiger charge is 2.16. The van der Waals surface area contributed by atoms with Gasteiger partial charge in [0, 0.05) is 39.6 Å². The van der Waals surface area contributed by atoms with Gasteiger partial charge in [-0.2, -0.15) is 0 Å². The summed E-state index contributed by atoms with van der Waals surface area (Å²) >= 11 is 5.81. The van der Waals surface area contributed by atoms with E-state index in [2.05, 4.69) is 14.7 Å². The molecular weight excluding hydrogens is 430 g/mol. The summed E-state index contributed by atoms with van der Waals surface area (Å²) in [6.45, 7) is 1.60. The van der Waals surface area contributed by atoms with Crippen molar-refractivity contribution in [2.75, 3.05) is 4.72 Å². The SMILES string of the molecule is CCC(=O)O.O=c1[nH]c2ccc(S(=O)(=O)Nc3ccc(Cl)cc3)cc2c2cc[nH]c12. The normalized spacial score (nSPS) is 11.1. The fourth-order valence-corrected chi connectivity index (χ4v) is 3.93. The Kier molecular flexibility index (Phi) is 6.14. The van der Waals surface area contributed by atoms with E-state index in [-0.39, 0.29) is 16.9 Å². The summed E-state index contributed by atoms with van der Waals surface area (Å²) in [5.74, 6) is -0.745. The van der Waals surface area contributed by atoms with Crippen LogP contribution in [-0.4, -0.2) is 29.5 Å². The summed E-state index contributed by atoms with van der Waals surface area (Å²) in [7, 11) is -3.77. The van der Waals surface area contributed by atoms with E-state index >= 15 is 0 Å². The van der Waals surface area contributed by atoms with Crippen molar-refractivity contribution in [1.82, 2.24) is 9.97 Å². The van der Waals surface area contributed by atoms with E-state index in [0.29, 0.717) is 32.5 Å². The molecule has 0 atom stereocenters. The number of fused-ring (bicyclic) bond motifs is 3. The highest BCUT2D eigenvalue weighted by molar-refractivity contribution is 7.92. The monoisotopic (exact) mass is 447 g/mol. The molecule has 4 aromatic rings. The lowest BCUT2D eigenvalue weighted by molar-refractivity contribution is -0.136. The molecule has 8 nitrogen and oxygen atoms in total. The number of aromatic amines is 2. The number of hydrogen-bond acceptors (Lipinski definition) is 4. The number of rotatable bonds is 4. The second-order valence-electron chi connectivity index (χ2n) is 6.29. The number of H-pyrrole nitrogens is 2. The van der Waals surface area contributed by atoms with Crippen LogP contribution in [0.25, 0.3) is 21.8 Å². The number of aliphatic carboxylic acids is 1. The number of hydrogen-bond donors (Lipinski definition) is 4. The first-order valence-electron chi connectivity index (χ1n) is 8.84. The van der Waals surface area contributed by atoms with Crippen LogP contribution in [0.1, 0.15) is 13.3 Å². The van der Waals surface area contributed by atoms with Crippen molar-refractivity contribution in [3.05, 3.63) is 70.1 Å². The van der Waals surface area contributed by atoms with Gasteiger partial charge in [0.15, 0.2) is 0 Å². The van der Waals surface area contributed by atoms with Crippen molar-refractivity contribution < 1.29 is 18.3 Å². The van der Waals surface area contributed by atoms with Gasteiger partial charge in [0.2, 0.25) is 0 Å². The number of pyridine rings is 1. The van der Waals surface area contributed by atoms with Crippen LogP contribution in [0.5, 0.6) is 0 Å². The second kappa shape index (κ2) is 8.60. The average Bonchev–Trinajstić information content (AvgIpc) is 3.21. The van der Waals surface area contributed by atoms with Crippen LogP contribution in [0.2, 0.25) is 5.02 Å². The van der Waals surface area contributed by atoms with E-state index in [1.165, 1.54) is 6.07 Å². The van der Waals surface area contributed by atoms with Gasteiger partial charge in [-0.05, 0) is 48.5 Å². The number of nitrogens with one attached hydrogen (secondary N) is 3. The zero-order chi connectivity index (χ0) is 21.9. The van der Waals surface area contributed by atoms with Crippen LogP contribution < -0.4 is 10.3 Å². The molecular formula is C20H18ClN3O5S. The molecule has 10 heteroatoms. The zero-order valence-corrected chi connectivity index (χ0v) is 17.3. The summed E-state index contributed by atoms with van der Waals surface area (Å²) in [5.41, 5.74) is 1.15. The van der Waals surface area contributed by atoms with Crippen molar-refractivity contribution >= 4 is 55.1 Å². The third-order valence-electron chi connectivity index (χ3n) is 4.21. The van der Waals surface area contributed by atoms with Crippen LogP contribution >= 0.6 is 11.6 Å². The molecule has 30 heavy (non-hydrogen) atoms. The Labute approximate surface area is 176 Å². The Balaban J connectivity index is 0.000000461. The van der Waals surface area contributed by atoms with Gasteiger partial charge in [0.25, 0.3) is 15.6 Å². The molecule has 2 heterocycles. The predicted octanol–water partition coefficient (Wildman–Crippen LogP) is 3.94. The molecule has 156 valence electrons. The predicted molar refractivity (Wildman–Crippen MR) is 117 cm³/mol. The number of halogens is 1. The minimum absolute atomic E-state index is 0.101. The summed E-state index contributed by atoms with van der Waals surface area (Å²) in [6, 6.07) is 12.7. The maximum absolute atomic E-state index is 12.6. The molecule has 0 aliphatic carbocycles. The van der Waals surface area contributed by atoms with E-state index in [1.807, 2.05) is 0 Å². The molecule has 0 saturated carbocycles. The first-order valence-corrected chi connectivity index (χ1v) is 10.7. The van der Waals surface area contributed by atoms with Crippen molar-refractivity contribution in [2.24, 2.45) is 0 Å². The van der Waals surface area contributed by atoms with Crippen molar-refractivity contribution in [1.29, 1.82) is 0 Å². The Bertz CT molecular complexity index is 1380. The zero-order valence-electron chi connectivity index (χ0n) is 15.8. The Hall–Kier alpha value is -3.30. The van der Waals surface area contributed by atoms with E-state index in [1.54, 1.807) is 55.6 Å². The molecule has 0 spiro atoms. The first kappa shape index (κ1) is 21.4. The maximum atomic E-state index is 12.6. The molecule has 0 aliphatic rings. The molecule has 0 bridgehead atoms. The number of carboxylic acid groups (broad SMARTS) is 1. The van der Waals surface area contributed by atoms with Gasteiger partial charge in [-0.25, -0.2) is 8.42 Å². The standard InChI is InChI=1S/C17H12ClN3O3S.C3H6O2/c18-10-1-3-11(4-2-10)21-25(23,24)12-5-6-15-14(9-12)13-7-8-19-16(13)17(22)20-15;1-2-3(4)5/h1-9,19,21H,(H,20,22);2H2,1H3,(H,4,5). The summed E-state index contributed by atoms with van der Waals surface area (Å²) < 4.78 is 27.8.